The van der Waals surface area contributed by atoms with Crippen LogP contribution in [0.4, 0.5) is 0 Å². The van der Waals surface area contributed by atoms with Crippen LogP contribution in [0.1, 0.15) is 25.3 Å². The molecule has 0 spiro atoms. The van der Waals surface area contributed by atoms with Crippen LogP contribution in [0.5, 0.6) is 5.75 Å². The van der Waals surface area contributed by atoms with Crippen LogP contribution in [0.25, 0.3) is 0 Å². The number of esters is 1. The Morgan fingerprint density at radius 3 is 2.64 bits per heavy atom. The molecule has 0 aliphatic carbocycles. The number of hydrogen-bond donors (Lipinski definition) is 1. The van der Waals surface area contributed by atoms with E-state index in [1.165, 1.54) is 0 Å². The van der Waals surface area contributed by atoms with E-state index in [0.29, 0.717) is 19.6 Å². The van der Waals surface area contributed by atoms with Gasteiger partial charge in [-0.15, -0.1) is 0 Å². The van der Waals surface area contributed by atoms with Gasteiger partial charge in [0, 0.05) is 0 Å². The van der Waals surface area contributed by atoms with Gasteiger partial charge in [-0.2, -0.15) is 0 Å². The number of carbonyl (C=O) groups excluding carboxylic acids is 1. The van der Waals surface area contributed by atoms with E-state index in [9.17, 15) is 9.90 Å². The summed E-state index contributed by atoms with van der Waals surface area (Å²) in [4.78, 5) is 11.1. The zero-order valence-corrected chi connectivity index (χ0v) is 13.2. The Hall–Kier alpha value is -1.85. The maximum Gasteiger partial charge on any atom is 0.309 e. The first kappa shape index (κ1) is 18.2. The molecule has 1 rings (SSSR count). The number of hydrogen-bond acceptors (Lipinski definition) is 5. The lowest BCUT2D eigenvalue weighted by molar-refractivity contribution is -0.142. The molecule has 0 bridgehead atoms. The lowest BCUT2D eigenvalue weighted by atomic mass is 10.2. The summed E-state index contributed by atoms with van der Waals surface area (Å²) in [7, 11) is 1.62. The average molecular weight is 308 g/mol. The number of ether oxygens (including phenoxy) is 3. The predicted molar refractivity (Wildman–Crippen MR) is 83.7 cm³/mol. The van der Waals surface area contributed by atoms with Crippen LogP contribution in [0.15, 0.2) is 36.4 Å². The van der Waals surface area contributed by atoms with E-state index in [1.54, 1.807) is 26.2 Å². The molecular formula is C17H24O5. The number of carbonyl (C=O) groups is 1. The molecule has 0 fully saturated rings. The van der Waals surface area contributed by atoms with Crippen LogP contribution < -0.4 is 4.74 Å². The first-order valence-electron chi connectivity index (χ1n) is 7.35. The zero-order chi connectivity index (χ0) is 16.2. The molecule has 0 aliphatic heterocycles. The van der Waals surface area contributed by atoms with Crippen molar-refractivity contribution in [1.82, 2.24) is 0 Å². The topological polar surface area (TPSA) is 65.0 Å². The highest BCUT2D eigenvalue weighted by Gasteiger charge is 2.03. The van der Waals surface area contributed by atoms with Crippen molar-refractivity contribution in [2.45, 2.75) is 32.5 Å². The van der Waals surface area contributed by atoms with Crippen molar-refractivity contribution in [2.24, 2.45) is 0 Å². The zero-order valence-electron chi connectivity index (χ0n) is 13.2. The molecule has 22 heavy (non-hydrogen) atoms. The Balaban J connectivity index is 2.15. The molecule has 1 aromatic rings. The van der Waals surface area contributed by atoms with Gasteiger partial charge in [-0.3, -0.25) is 4.79 Å². The van der Waals surface area contributed by atoms with E-state index >= 15 is 0 Å². The van der Waals surface area contributed by atoms with Crippen molar-refractivity contribution in [2.75, 3.05) is 20.3 Å². The van der Waals surface area contributed by atoms with Gasteiger partial charge in [0.2, 0.25) is 0 Å². The molecule has 122 valence electrons. The van der Waals surface area contributed by atoms with Gasteiger partial charge >= 0.3 is 5.97 Å². The molecule has 0 aliphatic rings. The van der Waals surface area contributed by atoms with Crippen LogP contribution in [0.3, 0.4) is 0 Å². The van der Waals surface area contributed by atoms with Gasteiger partial charge < -0.3 is 19.3 Å². The maximum atomic E-state index is 11.1. The molecule has 0 radical (unpaired) electrons. The fraction of sp³-hybridized carbons (Fsp3) is 0.471. The van der Waals surface area contributed by atoms with E-state index in [-0.39, 0.29) is 19.0 Å². The summed E-state index contributed by atoms with van der Waals surface area (Å²) in [6, 6.07) is 7.58. The third kappa shape index (κ3) is 7.81. The molecule has 1 N–H and O–H groups in total. The van der Waals surface area contributed by atoms with Crippen molar-refractivity contribution < 1.29 is 24.1 Å². The average Bonchev–Trinajstić information content (AvgIpc) is 2.52. The van der Waals surface area contributed by atoms with Gasteiger partial charge in [0.15, 0.2) is 0 Å². The van der Waals surface area contributed by atoms with Crippen LogP contribution in [-0.4, -0.2) is 37.5 Å². The first-order chi connectivity index (χ1) is 10.7. The normalized spacial score (nSPS) is 12.3. The third-order valence-corrected chi connectivity index (χ3v) is 2.90. The minimum Gasteiger partial charge on any atom is -0.497 e. The molecule has 0 saturated heterocycles. The Labute approximate surface area is 131 Å². The van der Waals surface area contributed by atoms with Gasteiger partial charge in [-0.05, 0) is 31.0 Å². The quantitative estimate of drug-likeness (QED) is 0.531. The van der Waals surface area contributed by atoms with Gasteiger partial charge in [-0.1, -0.05) is 24.3 Å². The highest BCUT2D eigenvalue weighted by molar-refractivity contribution is 5.71. The Morgan fingerprint density at radius 1 is 1.27 bits per heavy atom. The van der Waals surface area contributed by atoms with Crippen molar-refractivity contribution >= 4 is 5.97 Å². The smallest absolute Gasteiger partial charge is 0.309 e. The lowest BCUT2D eigenvalue weighted by Gasteiger charge is -2.09. The molecule has 0 saturated carbocycles. The van der Waals surface area contributed by atoms with E-state index in [0.717, 1.165) is 11.3 Å². The summed E-state index contributed by atoms with van der Waals surface area (Å²) >= 11 is 0. The first-order valence-corrected chi connectivity index (χ1v) is 7.35. The second-order valence-electron chi connectivity index (χ2n) is 4.73. The molecule has 1 atom stereocenters. The standard InChI is InChI=1S/C17H24O5/c1-3-22-17(19)7-5-4-6-15(18)13-21-12-14-8-10-16(20-2)11-9-14/h4-5,8-11,15,18H,3,6-7,12-13H2,1-2H3/b5-4-/t15-/m0/s1. The summed E-state index contributed by atoms with van der Waals surface area (Å²) in [5.74, 6) is 0.541. The highest BCUT2D eigenvalue weighted by Crippen LogP contribution is 2.12. The van der Waals surface area contributed by atoms with E-state index in [2.05, 4.69) is 0 Å². The fourth-order valence-corrected chi connectivity index (χ4v) is 1.76. The molecular weight excluding hydrogens is 284 g/mol. The van der Waals surface area contributed by atoms with Crippen LogP contribution in [0, 0.1) is 0 Å². The number of aliphatic hydroxyl groups excluding tert-OH is 1. The van der Waals surface area contributed by atoms with Gasteiger partial charge in [0.25, 0.3) is 0 Å². The number of rotatable bonds is 10. The molecule has 0 unspecified atom stereocenters. The minimum atomic E-state index is -0.586. The predicted octanol–water partition coefficient (Wildman–Crippen LogP) is 2.47. The molecule has 0 aromatic heterocycles. The summed E-state index contributed by atoms with van der Waals surface area (Å²) in [5, 5.41) is 9.77. The second-order valence-corrected chi connectivity index (χ2v) is 4.73. The van der Waals surface area contributed by atoms with Crippen molar-refractivity contribution in [3.63, 3.8) is 0 Å². The lowest BCUT2D eigenvalue weighted by Crippen LogP contribution is -2.14. The Morgan fingerprint density at radius 2 is 2.00 bits per heavy atom. The third-order valence-electron chi connectivity index (χ3n) is 2.90. The minimum absolute atomic E-state index is 0.229. The monoisotopic (exact) mass is 308 g/mol. The summed E-state index contributed by atoms with van der Waals surface area (Å²) < 4.78 is 15.3. The van der Waals surface area contributed by atoms with Gasteiger partial charge in [0.05, 0.1) is 39.5 Å². The van der Waals surface area contributed by atoms with Crippen LogP contribution in [0.2, 0.25) is 0 Å². The van der Waals surface area contributed by atoms with Crippen molar-refractivity contribution in [3.05, 3.63) is 42.0 Å². The second kappa shape index (κ2) is 10.8. The fourth-order valence-electron chi connectivity index (χ4n) is 1.76. The van der Waals surface area contributed by atoms with Gasteiger partial charge in [-0.25, -0.2) is 0 Å². The largest absolute Gasteiger partial charge is 0.497 e. The van der Waals surface area contributed by atoms with Crippen LogP contribution in [-0.2, 0) is 20.9 Å². The Kier molecular flexibility index (Phi) is 8.95. The maximum absolute atomic E-state index is 11.1. The molecule has 5 nitrogen and oxygen atoms in total. The molecule has 1 aromatic carbocycles. The van der Waals surface area contributed by atoms with Crippen molar-refractivity contribution in [3.8, 4) is 5.75 Å². The van der Waals surface area contributed by atoms with Gasteiger partial charge in [0.1, 0.15) is 5.75 Å². The number of benzene rings is 1. The SMILES string of the molecule is CCOC(=O)C/C=C\C[C@H](O)COCc1ccc(OC)cc1. The Bertz CT molecular complexity index is 453. The number of methoxy groups -OCH3 is 1. The highest BCUT2D eigenvalue weighted by atomic mass is 16.5. The summed E-state index contributed by atoms with van der Waals surface area (Å²) in [6.45, 7) is 2.84. The van der Waals surface area contributed by atoms with Crippen molar-refractivity contribution in [1.29, 1.82) is 0 Å². The number of aliphatic hydroxyl groups is 1. The molecule has 0 heterocycles. The van der Waals surface area contributed by atoms with E-state index < -0.39 is 6.10 Å². The molecule has 0 amide bonds. The summed E-state index contributed by atoms with van der Waals surface area (Å²) in [6.07, 6.45) is 3.55. The molecule has 5 heteroatoms. The van der Waals surface area contributed by atoms with E-state index in [1.807, 2.05) is 24.3 Å². The van der Waals surface area contributed by atoms with Crippen LogP contribution >= 0.6 is 0 Å². The van der Waals surface area contributed by atoms with E-state index in [4.69, 9.17) is 14.2 Å². The summed E-state index contributed by atoms with van der Waals surface area (Å²) in [5.41, 5.74) is 1.02.